The first-order chi connectivity index (χ1) is 16.8. The third kappa shape index (κ3) is 5.68. The molecule has 1 saturated heterocycles. The molecule has 1 fully saturated rings. The van der Waals surface area contributed by atoms with Crippen molar-refractivity contribution in [1.82, 2.24) is 25.7 Å². The summed E-state index contributed by atoms with van der Waals surface area (Å²) in [5, 5.41) is 12.3. The van der Waals surface area contributed by atoms with Crippen molar-refractivity contribution in [3.05, 3.63) is 30.0 Å². The van der Waals surface area contributed by atoms with Crippen molar-refractivity contribution in [3.63, 3.8) is 0 Å². The Labute approximate surface area is 206 Å². The number of carbonyl (C=O) groups is 4. The van der Waals surface area contributed by atoms with Crippen LogP contribution in [0.2, 0.25) is 0 Å². The van der Waals surface area contributed by atoms with Gasteiger partial charge in [0.25, 0.3) is 11.7 Å². The molecule has 0 aliphatic carbocycles. The van der Waals surface area contributed by atoms with Gasteiger partial charge in [-0.1, -0.05) is 45.9 Å². The number of nitrogens with zero attached hydrogens (tertiary/aromatic N) is 2. The van der Waals surface area contributed by atoms with E-state index >= 15 is 0 Å². The smallest absolute Gasteiger partial charge is 0.344 e. The van der Waals surface area contributed by atoms with E-state index in [4.69, 9.17) is 0 Å². The largest absolute Gasteiger partial charge is 0.452 e. The van der Waals surface area contributed by atoms with Gasteiger partial charge in [-0.05, 0) is 30.7 Å². The second-order valence-corrected chi connectivity index (χ2v) is 9.59. The average molecular weight is 510 g/mol. The number of alkyl halides is 3. The molecule has 0 spiro atoms. The minimum atomic E-state index is -5.10. The lowest BCUT2D eigenvalue weighted by atomic mass is 9.98. The maximum atomic E-state index is 13.4. The number of fused-ring (bicyclic) bond motifs is 1. The van der Waals surface area contributed by atoms with E-state index in [0.29, 0.717) is 17.3 Å². The molecule has 1 aliphatic heterocycles. The number of amides is 3. The minimum Gasteiger partial charge on any atom is -0.344 e. The van der Waals surface area contributed by atoms with Gasteiger partial charge in [-0.15, -0.1) is 0 Å². The van der Waals surface area contributed by atoms with Crippen molar-refractivity contribution in [2.75, 3.05) is 6.54 Å². The normalized spacial score (nSPS) is 17.9. The Morgan fingerprint density at radius 1 is 1.03 bits per heavy atom. The number of benzene rings is 1. The number of rotatable bonds is 8. The average Bonchev–Trinajstić information content (AvgIpc) is 3.46. The van der Waals surface area contributed by atoms with Gasteiger partial charge < -0.3 is 15.5 Å². The summed E-state index contributed by atoms with van der Waals surface area (Å²) in [6.07, 6.45) is -4.42. The first kappa shape index (κ1) is 27.2. The van der Waals surface area contributed by atoms with E-state index in [1.54, 1.807) is 38.1 Å². The van der Waals surface area contributed by atoms with Gasteiger partial charge in [0.05, 0.1) is 11.6 Å². The molecular formula is C24H30F3N5O4. The zero-order valence-electron chi connectivity index (χ0n) is 20.5. The fourth-order valence-electron chi connectivity index (χ4n) is 4.30. The molecule has 0 saturated carbocycles. The highest BCUT2D eigenvalue weighted by Gasteiger charge is 2.46. The maximum absolute atomic E-state index is 13.4. The van der Waals surface area contributed by atoms with Crippen LogP contribution in [0.25, 0.3) is 10.9 Å². The van der Waals surface area contributed by atoms with Crippen molar-refractivity contribution >= 4 is 34.4 Å². The third-order valence-electron chi connectivity index (χ3n) is 6.27. The number of aromatic amines is 1. The van der Waals surface area contributed by atoms with Crippen LogP contribution in [0.3, 0.4) is 0 Å². The molecule has 2 aromatic rings. The predicted octanol–water partition coefficient (Wildman–Crippen LogP) is 2.58. The number of hydrogen-bond acceptors (Lipinski definition) is 5. The fraction of sp³-hybridized carbons (Fsp3) is 0.542. The highest BCUT2D eigenvalue weighted by atomic mass is 19.4. The molecule has 3 amide bonds. The zero-order valence-corrected chi connectivity index (χ0v) is 20.5. The van der Waals surface area contributed by atoms with E-state index < -0.39 is 53.7 Å². The SMILES string of the molecule is CC(C)[C@H](NC(=O)c1n[nH]c2ccccc12)C(=O)N1CCC[C@H]1C(=O)N[C@H](C(=O)C(F)(F)F)C(C)C. The second kappa shape index (κ2) is 10.7. The van der Waals surface area contributed by atoms with Crippen molar-refractivity contribution in [2.45, 2.75) is 64.8 Å². The molecule has 1 aromatic heterocycles. The summed E-state index contributed by atoms with van der Waals surface area (Å²) in [7, 11) is 0. The summed E-state index contributed by atoms with van der Waals surface area (Å²) in [6.45, 7) is 6.45. The van der Waals surface area contributed by atoms with Crippen molar-refractivity contribution in [1.29, 1.82) is 0 Å². The number of nitrogens with one attached hydrogen (secondary N) is 3. The topological polar surface area (TPSA) is 124 Å². The molecular weight excluding hydrogens is 479 g/mol. The number of para-hydroxylation sites is 1. The number of ketones is 1. The second-order valence-electron chi connectivity index (χ2n) is 9.59. The number of carbonyl (C=O) groups excluding carboxylic acids is 4. The molecule has 3 atom stereocenters. The van der Waals surface area contributed by atoms with Crippen LogP contribution in [-0.2, 0) is 14.4 Å². The van der Waals surface area contributed by atoms with Gasteiger partial charge in [-0.2, -0.15) is 18.3 Å². The summed E-state index contributed by atoms with van der Waals surface area (Å²) >= 11 is 0. The summed E-state index contributed by atoms with van der Waals surface area (Å²) in [5.74, 6) is -5.13. The highest BCUT2D eigenvalue weighted by molar-refractivity contribution is 6.06. The van der Waals surface area contributed by atoms with Crippen LogP contribution in [0.4, 0.5) is 13.2 Å². The molecule has 1 aliphatic rings. The Hall–Kier alpha value is -3.44. The van der Waals surface area contributed by atoms with Crippen LogP contribution in [0.5, 0.6) is 0 Å². The molecule has 36 heavy (non-hydrogen) atoms. The molecule has 0 bridgehead atoms. The number of likely N-dealkylation sites (tertiary alicyclic amines) is 1. The van der Waals surface area contributed by atoms with Crippen LogP contribution < -0.4 is 10.6 Å². The molecule has 9 nitrogen and oxygen atoms in total. The molecule has 196 valence electrons. The lowest BCUT2D eigenvalue weighted by Gasteiger charge is -2.31. The van der Waals surface area contributed by atoms with Crippen LogP contribution in [0.15, 0.2) is 24.3 Å². The molecule has 3 N–H and O–H groups in total. The first-order valence-electron chi connectivity index (χ1n) is 11.8. The van der Waals surface area contributed by atoms with Crippen molar-refractivity contribution < 1.29 is 32.3 Å². The van der Waals surface area contributed by atoms with Gasteiger partial charge in [-0.25, -0.2) is 0 Å². The summed E-state index contributed by atoms with van der Waals surface area (Å²) in [5.41, 5.74) is 0.768. The van der Waals surface area contributed by atoms with Crippen LogP contribution in [0, 0.1) is 11.8 Å². The van der Waals surface area contributed by atoms with Gasteiger partial charge >= 0.3 is 6.18 Å². The number of halogens is 3. The summed E-state index contributed by atoms with van der Waals surface area (Å²) < 4.78 is 39.0. The van der Waals surface area contributed by atoms with E-state index in [1.807, 2.05) is 0 Å². The molecule has 12 heteroatoms. The first-order valence-corrected chi connectivity index (χ1v) is 11.8. The molecule has 2 heterocycles. The Morgan fingerprint density at radius 3 is 2.28 bits per heavy atom. The third-order valence-corrected chi connectivity index (χ3v) is 6.27. The predicted molar refractivity (Wildman–Crippen MR) is 125 cm³/mol. The van der Waals surface area contributed by atoms with E-state index in [1.165, 1.54) is 18.7 Å². The quantitative estimate of drug-likeness (QED) is 0.505. The van der Waals surface area contributed by atoms with Gasteiger partial charge in [-0.3, -0.25) is 24.3 Å². The monoisotopic (exact) mass is 509 g/mol. The summed E-state index contributed by atoms with van der Waals surface area (Å²) in [4.78, 5) is 52.4. The van der Waals surface area contributed by atoms with Crippen molar-refractivity contribution in [3.8, 4) is 0 Å². The van der Waals surface area contributed by atoms with Crippen LogP contribution in [0.1, 0.15) is 51.0 Å². The van der Waals surface area contributed by atoms with E-state index in [9.17, 15) is 32.3 Å². The molecule has 1 aromatic carbocycles. The number of Topliss-reactive ketones (excluding diaryl/α,β-unsaturated/α-hetero) is 1. The van der Waals surface area contributed by atoms with Crippen molar-refractivity contribution in [2.24, 2.45) is 11.8 Å². The van der Waals surface area contributed by atoms with E-state index in [0.717, 1.165) is 0 Å². The lowest BCUT2D eigenvalue weighted by molar-refractivity contribution is -0.175. The number of hydrogen-bond donors (Lipinski definition) is 3. The van der Waals surface area contributed by atoms with Gasteiger partial charge in [0.15, 0.2) is 5.69 Å². The Morgan fingerprint density at radius 2 is 1.67 bits per heavy atom. The summed E-state index contributed by atoms with van der Waals surface area (Å²) in [6, 6.07) is 3.19. The van der Waals surface area contributed by atoms with E-state index in [-0.39, 0.29) is 24.6 Å². The molecule has 3 rings (SSSR count). The standard InChI is InChI=1S/C24H30F3N5O4/c1-12(2)17(20(33)24(25,26)27)28-21(34)16-10-7-11-32(16)23(36)18(13(3)4)29-22(35)19-14-8-5-6-9-15(14)30-31-19/h5-6,8-9,12-13,16-18H,7,10-11H2,1-4H3,(H,28,34)(H,29,35)(H,30,31)/t16-,17-,18-/m0/s1. The highest BCUT2D eigenvalue weighted by Crippen LogP contribution is 2.24. The van der Waals surface area contributed by atoms with Gasteiger partial charge in [0, 0.05) is 11.9 Å². The van der Waals surface area contributed by atoms with E-state index in [2.05, 4.69) is 20.8 Å². The maximum Gasteiger partial charge on any atom is 0.452 e. The van der Waals surface area contributed by atoms with Gasteiger partial charge in [0.1, 0.15) is 12.1 Å². The molecule has 0 radical (unpaired) electrons. The number of H-pyrrole nitrogens is 1. The molecule has 0 unspecified atom stereocenters. The van der Waals surface area contributed by atoms with Crippen LogP contribution in [-0.4, -0.2) is 69.4 Å². The number of aromatic nitrogens is 2. The van der Waals surface area contributed by atoms with Crippen LogP contribution >= 0.6 is 0 Å². The fourth-order valence-corrected chi connectivity index (χ4v) is 4.30. The Bertz CT molecular complexity index is 1140. The lowest BCUT2D eigenvalue weighted by Crippen LogP contribution is -2.58. The Kier molecular flexibility index (Phi) is 8.05. The Balaban J connectivity index is 1.77. The zero-order chi connectivity index (χ0) is 26.8. The van der Waals surface area contributed by atoms with Gasteiger partial charge in [0.2, 0.25) is 11.8 Å². The minimum absolute atomic E-state index is 0.116.